The molecule has 2 unspecified atom stereocenters. The van der Waals surface area contributed by atoms with Gasteiger partial charge in [-0.1, -0.05) is 0 Å². The van der Waals surface area contributed by atoms with Crippen LogP contribution in [0.15, 0.2) is 27.6 Å². The maximum atomic E-state index is 12.4. The Morgan fingerprint density at radius 3 is 2.82 bits per heavy atom. The summed E-state index contributed by atoms with van der Waals surface area (Å²) in [6.07, 6.45) is 1.73. The Hall–Kier alpha value is -1.67. The molecular weight excluding hydrogens is 356 g/mol. The number of ether oxygens (including phenoxy) is 1. The van der Waals surface area contributed by atoms with Crippen LogP contribution >= 0.6 is 15.9 Å². The molecule has 8 heteroatoms. The molecule has 1 aromatic heterocycles. The Labute approximate surface area is 135 Å². The number of pyridine rings is 1. The lowest BCUT2D eigenvalue weighted by Crippen LogP contribution is -2.40. The van der Waals surface area contributed by atoms with Gasteiger partial charge in [0, 0.05) is 36.4 Å². The number of carbonyl (C=O) groups is 2. The largest absolute Gasteiger partial charge is 0.481 e. The molecule has 1 N–H and O–H groups in total. The van der Waals surface area contributed by atoms with Crippen molar-refractivity contribution in [2.24, 2.45) is 0 Å². The highest BCUT2D eigenvalue weighted by Crippen LogP contribution is 2.23. The molecule has 1 aliphatic rings. The van der Waals surface area contributed by atoms with Crippen LogP contribution in [0.1, 0.15) is 12.8 Å². The number of hydrogen-bond acceptors (Lipinski definition) is 4. The molecule has 7 nitrogen and oxygen atoms in total. The summed E-state index contributed by atoms with van der Waals surface area (Å²) in [7, 11) is 1.54. The van der Waals surface area contributed by atoms with Crippen molar-refractivity contribution in [3.63, 3.8) is 0 Å². The molecule has 1 fully saturated rings. The normalized spacial score (nSPS) is 21.1. The molecule has 1 amide bonds. The first-order chi connectivity index (χ1) is 10.4. The van der Waals surface area contributed by atoms with Gasteiger partial charge in [0.25, 0.3) is 5.56 Å². The number of amides is 1. The van der Waals surface area contributed by atoms with Crippen LogP contribution in [0.2, 0.25) is 0 Å². The van der Waals surface area contributed by atoms with Crippen LogP contribution in [0.3, 0.4) is 0 Å². The van der Waals surface area contributed by atoms with Gasteiger partial charge in [-0.3, -0.25) is 14.4 Å². The van der Waals surface area contributed by atoms with E-state index in [1.54, 1.807) is 6.07 Å². The van der Waals surface area contributed by atoms with Crippen molar-refractivity contribution in [3.8, 4) is 0 Å². The fraction of sp³-hybridized carbons (Fsp3) is 0.500. The highest BCUT2D eigenvalue weighted by molar-refractivity contribution is 9.10. The van der Waals surface area contributed by atoms with Gasteiger partial charge in [0.15, 0.2) is 0 Å². The van der Waals surface area contributed by atoms with E-state index in [9.17, 15) is 14.4 Å². The second-order valence-corrected chi connectivity index (χ2v) is 6.12. The summed E-state index contributed by atoms with van der Waals surface area (Å²) >= 11 is 3.25. The number of aromatic nitrogens is 1. The van der Waals surface area contributed by atoms with Crippen molar-refractivity contribution in [1.29, 1.82) is 0 Å². The van der Waals surface area contributed by atoms with Crippen molar-refractivity contribution in [1.82, 2.24) is 9.47 Å². The molecule has 1 saturated heterocycles. The third-order valence-corrected chi connectivity index (χ3v) is 4.16. The fourth-order valence-corrected chi connectivity index (χ4v) is 2.99. The average molecular weight is 373 g/mol. The lowest BCUT2D eigenvalue weighted by atomic mass is 10.1. The first-order valence-electron chi connectivity index (χ1n) is 6.80. The summed E-state index contributed by atoms with van der Waals surface area (Å²) in [6.45, 7) is 0.223. The topological polar surface area (TPSA) is 88.8 Å². The molecule has 22 heavy (non-hydrogen) atoms. The van der Waals surface area contributed by atoms with Gasteiger partial charge in [-0.15, -0.1) is 0 Å². The first kappa shape index (κ1) is 16.7. The highest BCUT2D eigenvalue weighted by Gasteiger charge is 2.36. The SMILES string of the molecule is COC1CC(CC(=O)O)N(C(=O)Cn2cc(Br)ccc2=O)C1. The van der Waals surface area contributed by atoms with Crippen molar-refractivity contribution in [2.75, 3.05) is 13.7 Å². The van der Waals surface area contributed by atoms with Crippen LogP contribution in [-0.4, -0.2) is 52.3 Å². The minimum atomic E-state index is -0.959. The second kappa shape index (κ2) is 7.06. The number of hydrogen-bond donors (Lipinski definition) is 1. The Balaban J connectivity index is 2.14. The number of rotatable bonds is 5. The monoisotopic (exact) mass is 372 g/mol. The number of aliphatic carboxylic acids is 1. The molecule has 2 atom stereocenters. The van der Waals surface area contributed by atoms with Gasteiger partial charge >= 0.3 is 5.97 Å². The summed E-state index contributed by atoms with van der Waals surface area (Å²) in [5, 5.41) is 8.96. The van der Waals surface area contributed by atoms with E-state index in [2.05, 4.69) is 15.9 Å². The Kier molecular flexibility index (Phi) is 5.36. The van der Waals surface area contributed by atoms with Crippen LogP contribution in [0.4, 0.5) is 0 Å². The molecule has 120 valence electrons. The van der Waals surface area contributed by atoms with E-state index in [1.165, 1.54) is 28.8 Å². The van der Waals surface area contributed by atoms with Crippen LogP contribution in [0.5, 0.6) is 0 Å². The standard InChI is InChI=1S/C14H17BrN2O5/c1-22-11-4-10(5-14(20)21)17(7-11)13(19)8-16-6-9(15)2-3-12(16)18/h2-3,6,10-11H,4-5,7-8H2,1H3,(H,20,21). The number of carboxylic acids is 1. The van der Waals surface area contributed by atoms with Gasteiger partial charge in [0.05, 0.1) is 12.5 Å². The average Bonchev–Trinajstić information content (AvgIpc) is 2.85. The zero-order chi connectivity index (χ0) is 16.3. The third kappa shape index (κ3) is 3.95. The Morgan fingerprint density at radius 2 is 2.18 bits per heavy atom. The molecule has 0 saturated carbocycles. The second-order valence-electron chi connectivity index (χ2n) is 5.20. The van der Waals surface area contributed by atoms with E-state index in [0.717, 1.165) is 0 Å². The zero-order valence-electron chi connectivity index (χ0n) is 12.1. The van der Waals surface area contributed by atoms with E-state index in [1.807, 2.05) is 0 Å². The number of carboxylic acid groups (broad SMARTS) is 1. The van der Waals surface area contributed by atoms with E-state index in [-0.39, 0.29) is 30.5 Å². The van der Waals surface area contributed by atoms with Gasteiger partial charge in [-0.2, -0.15) is 0 Å². The van der Waals surface area contributed by atoms with Crippen LogP contribution < -0.4 is 5.56 Å². The van der Waals surface area contributed by atoms with Gasteiger partial charge in [-0.25, -0.2) is 0 Å². The highest BCUT2D eigenvalue weighted by atomic mass is 79.9. The molecule has 0 bridgehead atoms. The minimum absolute atomic E-state index is 0.120. The maximum Gasteiger partial charge on any atom is 0.305 e. The van der Waals surface area contributed by atoms with Gasteiger partial charge in [-0.05, 0) is 28.4 Å². The summed E-state index contributed by atoms with van der Waals surface area (Å²) < 4.78 is 7.22. The Bertz CT molecular complexity index is 630. The molecule has 1 aromatic rings. The summed E-state index contributed by atoms with van der Waals surface area (Å²) in [6, 6.07) is 2.57. The third-order valence-electron chi connectivity index (χ3n) is 3.69. The molecular formula is C14H17BrN2O5. The summed E-state index contributed by atoms with van der Waals surface area (Å²) in [5.41, 5.74) is -0.283. The number of carbonyl (C=O) groups excluding carboxylic acids is 1. The van der Waals surface area contributed by atoms with Crippen molar-refractivity contribution in [3.05, 3.63) is 33.2 Å². The number of halogens is 1. The molecule has 2 heterocycles. The molecule has 0 radical (unpaired) electrons. The van der Waals surface area contributed by atoms with Crippen molar-refractivity contribution in [2.45, 2.75) is 31.5 Å². The maximum absolute atomic E-state index is 12.4. The molecule has 0 aliphatic carbocycles. The summed E-state index contributed by atoms with van der Waals surface area (Å²) in [5.74, 6) is -1.25. The van der Waals surface area contributed by atoms with Crippen LogP contribution in [0, 0.1) is 0 Å². The zero-order valence-corrected chi connectivity index (χ0v) is 13.7. The van der Waals surface area contributed by atoms with E-state index in [0.29, 0.717) is 17.4 Å². The van der Waals surface area contributed by atoms with Gasteiger partial charge in [0.2, 0.25) is 5.91 Å². The molecule has 0 aromatic carbocycles. The van der Waals surface area contributed by atoms with Crippen molar-refractivity contribution >= 4 is 27.8 Å². The number of likely N-dealkylation sites (tertiary alicyclic amines) is 1. The summed E-state index contributed by atoms with van der Waals surface area (Å²) in [4.78, 5) is 36.6. The lowest BCUT2D eigenvalue weighted by molar-refractivity contribution is -0.140. The van der Waals surface area contributed by atoms with E-state index >= 15 is 0 Å². The van der Waals surface area contributed by atoms with Gasteiger partial charge in [0.1, 0.15) is 6.54 Å². The lowest BCUT2D eigenvalue weighted by Gasteiger charge is -2.23. The molecule has 0 spiro atoms. The Morgan fingerprint density at radius 1 is 1.45 bits per heavy atom. The quantitative estimate of drug-likeness (QED) is 0.821. The van der Waals surface area contributed by atoms with E-state index in [4.69, 9.17) is 9.84 Å². The van der Waals surface area contributed by atoms with Gasteiger partial charge < -0.3 is 19.3 Å². The van der Waals surface area contributed by atoms with Crippen LogP contribution in [-0.2, 0) is 20.9 Å². The molecule has 1 aliphatic heterocycles. The molecule has 2 rings (SSSR count). The predicted molar refractivity (Wildman–Crippen MR) is 81.6 cm³/mol. The smallest absolute Gasteiger partial charge is 0.305 e. The minimum Gasteiger partial charge on any atom is -0.481 e. The fourth-order valence-electron chi connectivity index (χ4n) is 2.61. The first-order valence-corrected chi connectivity index (χ1v) is 7.60. The van der Waals surface area contributed by atoms with Crippen LogP contribution in [0.25, 0.3) is 0 Å². The van der Waals surface area contributed by atoms with E-state index < -0.39 is 12.0 Å². The number of methoxy groups -OCH3 is 1. The predicted octanol–water partition coefficient (Wildman–Crippen LogP) is 0.701. The number of nitrogens with zero attached hydrogens (tertiary/aromatic N) is 2. The van der Waals surface area contributed by atoms with Crippen molar-refractivity contribution < 1.29 is 19.4 Å².